The van der Waals surface area contributed by atoms with Gasteiger partial charge in [0.05, 0.1) is 12.4 Å². The van der Waals surface area contributed by atoms with Gasteiger partial charge >= 0.3 is 6.18 Å². The van der Waals surface area contributed by atoms with Crippen molar-refractivity contribution in [3.8, 4) is 0 Å². The summed E-state index contributed by atoms with van der Waals surface area (Å²) in [6, 6.07) is 0.907. The molecule has 0 unspecified atom stereocenters. The van der Waals surface area contributed by atoms with Crippen molar-refractivity contribution in [2.75, 3.05) is 33.4 Å². The van der Waals surface area contributed by atoms with E-state index in [9.17, 15) is 13.2 Å². The fourth-order valence-corrected chi connectivity index (χ4v) is 3.84. The number of aliphatic imine (C=N–C) groups is 1. The zero-order chi connectivity index (χ0) is 24.2. The van der Waals surface area contributed by atoms with Crippen LogP contribution in [0.15, 0.2) is 41.7 Å². The van der Waals surface area contributed by atoms with Crippen LogP contribution in [0.25, 0.3) is 11.3 Å². The number of alkyl halides is 3. The first-order chi connectivity index (χ1) is 15.6. The van der Waals surface area contributed by atoms with Crippen molar-refractivity contribution in [3.63, 3.8) is 0 Å². The molecule has 2 aromatic rings. The van der Waals surface area contributed by atoms with E-state index >= 15 is 0 Å². The lowest BCUT2D eigenvalue weighted by atomic mass is 10.1. The van der Waals surface area contributed by atoms with Gasteiger partial charge in [0, 0.05) is 38.1 Å². The number of fused-ring (bicyclic) bond motifs is 1. The maximum Gasteiger partial charge on any atom is 0.408 e. The third-order valence-corrected chi connectivity index (χ3v) is 5.27. The van der Waals surface area contributed by atoms with E-state index in [0.717, 1.165) is 0 Å². The molecule has 0 radical (unpaired) electrons. The second-order valence-electron chi connectivity index (χ2n) is 8.00. The van der Waals surface area contributed by atoms with E-state index in [1.54, 1.807) is 27.0 Å². The summed E-state index contributed by atoms with van der Waals surface area (Å²) in [6.45, 7) is 8.83. The van der Waals surface area contributed by atoms with E-state index in [1.807, 2.05) is 0 Å². The molecule has 3 heterocycles. The fourth-order valence-electron chi connectivity index (χ4n) is 3.84. The largest absolute Gasteiger partial charge is 0.496 e. The van der Waals surface area contributed by atoms with Crippen LogP contribution in [0.1, 0.15) is 37.7 Å². The summed E-state index contributed by atoms with van der Waals surface area (Å²) in [6.07, 6.45) is -0.800. The molecule has 0 saturated carbocycles. The van der Waals surface area contributed by atoms with Crippen molar-refractivity contribution >= 4 is 17.1 Å². The van der Waals surface area contributed by atoms with Crippen molar-refractivity contribution in [2.24, 2.45) is 10.7 Å². The van der Waals surface area contributed by atoms with Crippen LogP contribution in [0.2, 0.25) is 0 Å². The highest BCUT2D eigenvalue weighted by atomic mass is 19.4. The summed E-state index contributed by atoms with van der Waals surface area (Å²) in [5, 5.41) is 8.13. The molecular formula is C22H29F3N6O2. The van der Waals surface area contributed by atoms with E-state index in [1.165, 1.54) is 27.6 Å². The third-order valence-electron chi connectivity index (χ3n) is 5.27. The summed E-state index contributed by atoms with van der Waals surface area (Å²) >= 11 is 0. The molecule has 2 atom stereocenters. The van der Waals surface area contributed by atoms with Crippen LogP contribution < -0.4 is 5.73 Å². The van der Waals surface area contributed by atoms with Crippen LogP contribution in [0.4, 0.5) is 13.2 Å². The molecule has 1 aliphatic rings. The lowest BCUT2D eigenvalue weighted by Gasteiger charge is -2.30. The highest BCUT2D eigenvalue weighted by molar-refractivity contribution is 5.96. The minimum Gasteiger partial charge on any atom is -0.496 e. The lowest BCUT2D eigenvalue weighted by Crippen LogP contribution is -2.38. The molecule has 0 amide bonds. The van der Waals surface area contributed by atoms with Gasteiger partial charge in [-0.25, -0.2) is 0 Å². The second kappa shape index (κ2) is 10.4. The Morgan fingerprint density at radius 2 is 2.09 bits per heavy atom. The number of likely N-dealkylation sites (tertiary alicyclic amines) is 1. The molecule has 0 aliphatic carbocycles. The second-order valence-corrected chi connectivity index (χ2v) is 8.00. The van der Waals surface area contributed by atoms with Gasteiger partial charge in [-0.1, -0.05) is 12.6 Å². The number of hydrogen-bond acceptors (Lipinski definition) is 7. The van der Waals surface area contributed by atoms with E-state index in [0.29, 0.717) is 36.8 Å². The number of methoxy groups -OCH3 is 1. The molecule has 180 valence electrons. The van der Waals surface area contributed by atoms with Gasteiger partial charge in [0.15, 0.2) is 11.5 Å². The van der Waals surface area contributed by atoms with Gasteiger partial charge in [0.1, 0.15) is 18.3 Å². The quantitative estimate of drug-likeness (QED) is 0.346. The number of nitrogens with two attached hydrogens (primary N) is 1. The Hall–Kier alpha value is -2.76. The highest BCUT2D eigenvalue weighted by Gasteiger charge is 2.46. The van der Waals surface area contributed by atoms with Crippen molar-refractivity contribution in [3.05, 3.63) is 48.1 Å². The van der Waals surface area contributed by atoms with Gasteiger partial charge in [-0.05, 0) is 38.0 Å². The van der Waals surface area contributed by atoms with E-state index < -0.39 is 12.2 Å². The highest BCUT2D eigenvalue weighted by Crippen LogP contribution is 2.39. The van der Waals surface area contributed by atoms with Crippen molar-refractivity contribution in [1.29, 1.82) is 0 Å². The predicted molar refractivity (Wildman–Crippen MR) is 120 cm³/mol. The number of ether oxygens (including phenoxy) is 2. The molecule has 8 nitrogen and oxygen atoms in total. The Bertz CT molecular complexity index is 1050. The Morgan fingerprint density at radius 1 is 1.33 bits per heavy atom. The Balaban J connectivity index is 1.88. The molecule has 1 aliphatic heterocycles. The number of halogens is 3. The lowest BCUT2D eigenvalue weighted by molar-refractivity contribution is -0.183. The maximum absolute atomic E-state index is 14.0. The van der Waals surface area contributed by atoms with Crippen LogP contribution in [0, 0.1) is 0 Å². The minimum atomic E-state index is -4.46. The molecule has 2 aromatic heterocycles. The van der Waals surface area contributed by atoms with Gasteiger partial charge in [0.25, 0.3) is 0 Å². The summed E-state index contributed by atoms with van der Waals surface area (Å²) in [5.74, 6) is 0.905. The molecule has 0 aromatic carbocycles. The van der Waals surface area contributed by atoms with Crippen LogP contribution in [-0.4, -0.2) is 70.8 Å². The molecule has 1 saturated heterocycles. The minimum absolute atomic E-state index is 0.0842. The number of allylic oxidation sites excluding steroid dienone is 2. The third kappa shape index (κ3) is 6.18. The molecule has 33 heavy (non-hydrogen) atoms. The predicted octanol–water partition coefficient (Wildman–Crippen LogP) is 3.36. The van der Waals surface area contributed by atoms with Crippen LogP contribution in [0.3, 0.4) is 0 Å². The first kappa shape index (κ1) is 24.9. The van der Waals surface area contributed by atoms with E-state index in [2.05, 4.69) is 21.8 Å². The molecule has 2 N–H and O–H groups in total. The van der Waals surface area contributed by atoms with Crippen molar-refractivity contribution in [1.82, 2.24) is 19.5 Å². The smallest absolute Gasteiger partial charge is 0.408 e. The summed E-state index contributed by atoms with van der Waals surface area (Å²) < 4.78 is 53.9. The number of pyridine rings is 1. The summed E-state index contributed by atoms with van der Waals surface area (Å²) in [4.78, 5) is 5.78. The van der Waals surface area contributed by atoms with Crippen LogP contribution in [-0.2, 0) is 9.47 Å². The summed E-state index contributed by atoms with van der Waals surface area (Å²) in [5.41, 5.74) is 7.21. The fraction of sp³-hybridized carbons (Fsp3) is 0.500. The van der Waals surface area contributed by atoms with Crippen molar-refractivity contribution in [2.45, 2.75) is 38.5 Å². The SMILES string of the molecule is C=C(N=C(C)/C=C(\C)OCCOC)c1nnc2ccc([C@@H](N3CC[C@H](N)C3)C(F)(F)F)cn12. The Morgan fingerprint density at radius 3 is 2.73 bits per heavy atom. The monoisotopic (exact) mass is 466 g/mol. The molecule has 0 spiro atoms. The average molecular weight is 467 g/mol. The first-order valence-corrected chi connectivity index (χ1v) is 10.6. The zero-order valence-electron chi connectivity index (χ0n) is 19.0. The van der Waals surface area contributed by atoms with Crippen molar-refractivity contribution < 1.29 is 22.6 Å². The van der Waals surface area contributed by atoms with Gasteiger partial charge < -0.3 is 15.2 Å². The van der Waals surface area contributed by atoms with Gasteiger partial charge in [-0.15, -0.1) is 10.2 Å². The van der Waals surface area contributed by atoms with E-state index in [-0.39, 0.29) is 36.2 Å². The molecule has 1 fully saturated rings. The van der Waals surface area contributed by atoms with Crippen LogP contribution in [0.5, 0.6) is 0 Å². The number of hydrogen-bond donors (Lipinski definition) is 1. The Kier molecular flexibility index (Phi) is 7.88. The van der Waals surface area contributed by atoms with E-state index in [4.69, 9.17) is 15.2 Å². The topological polar surface area (TPSA) is 90.3 Å². The van der Waals surface area contributed by atoms with Crippen LogP contribution >= 0.6 is 0 Å². The standard InChI is InChI=1S/C22H29F3N6O2/c1-14(11-15(2)33-10-9-32-4)27-16(3)21-29-28-19-6-5-17(12-31(19)21)20(22(23,24)25)30-8-7-18(26)13-30/h5-6,11-12,18,20H,3,7-10,13,26H2,1-2,4H3/b15-11+,27-14?/t18-,20+/m0/s1. The van der Waals surface area contributed by atoms with Gasteiger partial charge in [0.2, 0.25) is 0 Å². The zero-order valence-corrected chi connectivity index (χ0v) is 19.0. The number of aromatic nitrogens is 3. The molecular weight excluding hydrogens is 437 g/mol. The maximum atomic E-state index is 14.0. The summed E-state index contributed by atoms with van der Waals surface area (Å²) in [7, 11) is 1.59. The first-order valence-electron chi connectivity index (χ1n) is 10.6. The number of nitrogens with zero attached hydrogens (tertiary/aromatic N) is 5. The molecule has 3 rings (SSSR count). The molecule has 0 bridgehead atoms. The van der Waals surface area contributed by atoms with Gasteiger partial charge in [-0.2, -0.15) is 13.2 Å². The normalized spacial score (nSPS) is 19.3. The Labute approximate surface area is 190 Å². The molecule has 11 heteroatoms. The van der Waals surface area contributed by atoms with Gasteiger partial charge in [-0.3, -0.25) is 14.3 Å². The average Bonchev–Trinajstić information content (AvgIpc) is 3.33. The number of rotatable bonds is 9.